The number of nitrogens with one attached hydrogen (secondary N) is 1. The van der Waals surface area contributed by atoms with Gasteiger partial charge in [0.25, 0.3) is 5.91 Å². The Morgan fingerprint density at radius 3 is 3.00 bits per heavy atom. The second-order valence-corrected chi connectivity index (χ2v) is 4.53. The standard InChI is InChI=1S/C13H16N2O2/c16-13-9-17-12-4-2-1-3-11(12)15(13)8-7-14-10-5-6-10/h1-4,10,14H,5-9H2. The number of amides is 1. The van der Waals surface area contributed by atoms with E-state index in [2.05, 4.69) is 5.32 Å². The van der Waals surface area contributed by atoms with Crippen molar-refractivity contribution >= 4 is 11.6 Å². The zero-order chi connectivity index (χ0) is 11.7. The number of hydrogen-bond donors (Lipinski definition) is 1. The van der Waals surface area contributed by atoms with Crippen LogP contribution in [0.1, 0.15) is 12.8 Å². The molecule has 90 valence electrons. The van der Waals surface area contributed by atoms with Gasteiger partial charge in [0, 0.05) is 19.1 Å². The maximum absolute atomic E-state index is 11.8. The maximum atomic E-state index is 11.8. The molecule has 1 aliphatic heterocycles. The molecule has 1 amide bonds. The van der Waals surface area contributed by atoms with Crippen molar-refractivity contribution in [3.8, 4) is 5.75 Å². The third kappa shape index (κ3) is 2.26. The molecule has 1 fully saturated rings. The predicted octanol–water partition coefficient (Wildman–Crippen LogP) is 1.16. The lowest BCUT2D eigenvalue weighted by Gasteiger charge is -2.29. The van der Waals surface area contributed by atoms with Crippen molar-refractivity contribution < 1.29 is 9.53 Å². The molecule has 0 bridgehead atoms. The highest BCUT2D eigenvalue weighted by Crippen LogP contribution is 2.31. The van der Waals surface area contributed by atoms with Gasteiger partial charge < -0.3 is 15.0 Å². The molecule has 1 saturated carbocycles. The minimum absolute atomic E-state index is 0.0429. The zero-order valence-electron chi connectivity index (χ0n) is 9.69. The monoisotopic (exact) mass is 232 g/mol. The van der Waals surface area contributed by atoms with Crippen LogP contribution in [0.2, 0.25) is 0 Å². The summed E-state index contributed by atoms with van der Waals surface area (Å²) >= 11 is 0. The number of hydrogen-bond acceptors (Lipinski definition) is 3. The third-order valence-electron chi connectivity index (χ3n) is 3.15. The minimum atomic E-state index is 0.0429. The van der Waals surface area contributed by atoms with Crippen molar-refractivity contribution in [2.75, 3.05) is 24.6 Å². The maximum Gasteiger partial charge on any atom is 0.265 e. The van der Waals surface area contributed by atoms with Crippen LogP contribution < -0.4 is 15.0 Å². The fraction of sp³-hybridized carbons (Fsp3) is 0.462. The van der Waals surface area contributed by atoms with Gasteiger partial charge in [-0.1, -0.05) is 12.1 Å². The van der Waals surface area contributed by atoms with Gasteiger partial charge >= 0.3 is 0 Å². The number of para-hydroxylation sites is 2. The van der Waals surface area contributed by atoms with Gasteiger partial charge in [-0.15, -0.1) is 0 Å². The van der Waals surface area contributed by atoms with Crippen LogP contribution in [-0.4, -0.2) is 31.6 Å². The van der Waals surface area contributed by atoms with E-state index in [-0.39, 0.29) is 12.5 Å². The molecule has 4 heteroatoms. The lowest BCUT2D eigenvalue weighted by Crippen LogP contribution is -2.42. The highest BCUT2D eigenvalue weighted by Gasteiger charge is 2.26. The average molecular weight is 232 g/mol. The van der Waals surface area contributed by atoms with E-state index in [0.717, 1.165) is 24.5 Å². The Morgan fingerprint density at radius 2 is 2.18 bits per heavy atom. The Hall–Kier alpha value is -1.55. The van der Waals surface area contributed by atoms with E-state index >= 15 is 0 Å². The number of fused-ring (bicyclic) bond motifs is 1. The fourth-order valence-corrected chi connectivity index (χ4v) is 2.07. The summed E-state index contributed by atoms with van der Waals surface area (Å²) in [6.07, 6.45) is 2.54. The van der Waals surface area contributed by atoms with Crippen LogP contribution in [-0.2, 0) is 4.79 Å². The zero-order valence-corrected chi connectivity index (χ0v) is 9.69. The average Bonchev–Trinajstić information content (AvgIpc) is 3.16. The molecule has 0 saturated heterocycles. The van der Waals surface area contributed by atoms with Crippen LogP contribution in [0, 0.1) is 0 Å². The first-order valence-electron chi connectivity index (χ1n) is 6.10. The van der Waals surface area contributed by atoms with E-state index in [0.29, 0.717) is 6.04 Å². The van der Waals surface area contributed by atoms with Crippen molar-refractivity contribution in [2.45, 2.75) is 18.9 Å². The van der Waals surface area contributed by atoms with Crippen LogP contribution in [0.5, 0.6) is 5.75 Å². The first kappa shape index (κ1) is 10.6. The second kappa shape index (κ2) is 4.37. The Kier molecular flexibility index (Phi) is 2.73. The van der Waals surface area contributed by atoms with Crippen LogP contribution in [0.3, 0.4) is 0 Å². The normalized spacial score (nSPS) is 18.8. The molecule has 1 aliphatic carbocycles. The lowest BCUT2D eigenvalue weighted by atomic mass is 10.2. The lowest BCUT2D eigenvalue weighted by molar-refractivity contribution is -0.121. The molecule has 2 aliphatic rings. The summed E-state index contributed by atoms with van der Waals surface area (Å²) in [4.78, 5) is 13.6. The van der Waals surface area contributed by atoms with Crippen LogP contribution >= 0.6 is 0 Å². The van der Waals surface area contributed by atoms with E-state index in [9.17, 15) is 4.79 Å². The van der Waals surface area contributed by atoms with Crippen molar-refractivity contribution in [3.63, 3.8) is 0 Å². The molecule has 0 unspecified atom stereocenters. The molecule has 4 nitrogen and oxygen atoms in total. The van der Waals surface area contributed by atoms with Gasteiger partial charge in [0.05, 0.1) is 5.69 Å². The number of carbonyl (C=O) groups is 1. The summed E-state index contributed by atoms with van der Waals surface area (Å²) < 4.78 is 5.39. The molecule has 0 spiro atoms. The number of ether oxygens (including phenoxy) is 1. The van der Waals surface area contributed by atoms with Crippen LogP contribution in [0.15, 0.2) is 24.3 Å². The largest absolute Gasteiger partial charge is 0.482 e. The van der Waals surface area contributed by atoms with Gasteiger partial charge in [-0.25, -0.2) is 0 Å². The third-order valence-corrected chi connectivity index (χ3v) is 3.15. The predicted molar refractivity (Wildman–Crippen MR) is 65.3 cm³/mol. The Balaban J connectivity index is 1.70. The van der Waals surface area contributed by atoms with Crippen LogP contribution in [0.4, 0.5) is 5.69 Å². The number of anilines is 1. The number of benzene rings is 1. The van der Waals surface area contributed by atoms with Crippen molar-refractivity contribution in [2.24, 2.45) is 0 Å². The number of rotatable bonds is 4. The Morgan fingerprint density at radius 1 is 1.35 bits per heavy atom. The summed E-state index contributed by atoms with van der Waals surface area (Å²) in [7, 11) is 0. The van der Waals surface area contributed by atoms with E-state index in [4.69, 9.17) is 4.74 Å². The first-order valence-corrected chi connectivity index (χ1v) is 6.10. The highest BCUT2D eigenvalue weighted by atomic mass is 16.5. The van der Waals surface area contributed by atoms with Crippen molar-refractivity contribution in [1.82, 2.24) is 5.32 Å². The molecule has 17 heavy (non-hydrogen) atoms. The van der Waals surface area contributed by atoms with Gasteiger partial charge in [0.2, 0.25) is 0 Å². The van der Waals surface area contributed by atoms with E-state index < -0.39 is 0 Å². The summed E-state index contributed by atoms with van der Waals surface area (Å²) in [5, 5.41) is 3.42. The summed E-state index contributed by atoms with van der Waals surface area (Å²) in [5.74, 6) is 0.847. The van der Waals surface area contributed by atoms with E-state index in [1.165, 1.54) is 12.8 Å². The minimum Gasteiger partial charge on any atom is -0.482 e. The fourth-order valence-electron chi connectivity index (χ4n) is 2.07. The molecule has 0 radical (unpaired) electrons. The van der Waals surface area contributed by atoms with Gasteiger partial charge in [0.1, 0.15) is 5.75 Å². The Bertz CT molecular complexity index is 429. The molecule has 1 aromatic carbocycles. The van der Waals surface area contributed by atoms with E-state index in [1.54, 1.807) is 0 Å². The molecule has 0 aromatic heterocycles. The first-order chi connectivity index (χ1) is 8.34. The van der Waals surface area contributed by atoms with Crippen molar-refractivity contribution in [3.05, 3.63) is 24.3 Å². The van der Waals surface area contributed by atoms with Gasteiger partial charge in [-0.2, -0.15) is 0 Å². The molecular formula is C13H16N2O2. The summed E-state index contributed by atoms with van der Waals surface area (Å²) in [6.45, 7) is 1.72. The van der Waals surface area contributed by atoms with Gasteiger partial charge in [-0.3, -0.25) is 4.79 Å². The molecule has 0 atom stereocenters. The van der Waals surface area contributed by atoms with Crippen molar-refractivity contribution in [1.29, 1.82) is 0 Å². The number of nitrogens with zero attached hydrogens (tertiary/aromatic N) is 1. The SMILES string of the molecule is O=C1COc2ccccc2N1CCNC1CC1. The molecule has 1 heterocycles. The second-order valence-electron chi connectivity index (χ2n) is 4.53. The summed E-state index contributed by atoms with van der Waals surface area (Å²) in [6, 6.07) is 8.38. The molecule has 1 N–H and O–H groups in total. The van der Waals surface area contributed by atoms with Gasteiger partial charge in [-0.05, 0) is 25.0 Å². The quantitative estimate of drug-likeness (QED) is 0.847. The topological polar surface area (TPSA) is 41.6 Å². The smallest absolute Gasteiger partial charge is 0.265 e. The molecular weight excluding hydrogens is 216 g/mol. The van der Waals surface area contributed by atoms with E-state index in [1.807, 2.05) is 29.2 Å². The van der Waals surface area contributed by atoms with Crippen LogP contribution in [0.25, 0.3) is 0 Å². The molecule has 1 aromatic rings. The number of carbonyl (C=O) groups excluding carboxylic acids is 1. The highest BCUT2D eigenvalue weighted by molar-refractivity contribution is 5.97. The summed E-state index contributed by atoms with van der Waals surface area (Å²) in [5.41, 5.74) is 0.890. The van der Waals surface area contributed by atoms with Gasteiger partial charge in [0.15, 0.2) is 6.61 Å². The molecule has 3 rings (SSSR count). The Labute approximate surface area is 101 Å².